The number of ether oxygens (including phenoxy) is 3. The van der Waals surface area contributed by atoms with Crippen LogP contribution in [0.5, 0.6) is 5.75 Å². The number of benzene rings is 1. The summed E-state index contributed by atoms with van der Waals surface area (Å²) in [4.78, 5) is 22.1. The van der Waals surface area contributed by atoms with Crippen molar-refractivity contribution in [3.05, 3.63) is 42.5 Å². The molecule has 0 unspecified atom stereocenters. The first-order valence-electron chi connectivity index (χ1n) is 8.27. The number of rotatable bonds is 12. The zero-order valence-corrected chi connectivity index (χ0v) is 14.3. The Bertz CT molecular complexity index is 507. The molecule has 0 atom stereocenters. The van der Waals surface area contributed by atoms with Gasteiger partial charge in [-0.25, -0.2) is 9.59 Å². The van der Waals surface area contributed by atoms with Gasteiger partial charge < -0.3 is 14.2 Å². The van der Waals surface area contributed by atoms with Gasteiger partial charge in [0.05, 0.1) is 25.9 Å². The molecule has 0 heterocycles. The van der Waals surface area contributed by atoms with Crippen molar-refractivity contribution in [1.29, 1.82) is 0 Å². The van der Waals surface area contributed by atoms with Crippen molar-refractivity contribution >= 4 is 11.9 Å². The van der Waals surface area contributed by atoms with E-state index in [9.17, 15) is 9.59 Å². The van der Waals surface area contributed by atoms with Gasteiger partial charge >= 0.3 is 11.9 Å². The Morgan fingerprint density at radius 2 is 1.54 bits per heavy atom. The van der Waals surface area contributed by atoms with Crippen molar-refractivity contribution < 1.29 is 23.8 Å². The zero-order valence-electron chi connectivity index (χ0n) is 14.3. The average Bonchev–Trinajstić information content (AvgIpc) is 2.62. The van der Waals surface area contributed by atoms with E-state index < -0.39 is 0 Å². The summed E-state index contributed by atoms with van der Waals surface area (Å²) in [5, 5.41) is 0. The molecule has 0 aromatic heterocycles. The van der Waals surface area contributed by atoms with Crippen LogP contribution in [0.4, 0.5) is 0 Å². The Morgan fingerprint density at radius 3 is 2.12 bits per heavy atom. The molecule has 0 radical (unpaired) electrons. The van der Waals surface area contributed by atoms with E-state index in [2.05, 4.69) is 11.3 Å². The van der Waals surface area contributed by atoms with E-state index in [1.54, 1.807) is 24.3 Å². The molecule has 0 aliphatic rings. The minimum absolute atomic E-state index is 0.346. The summed E-state index contributed by atoms with van der Waals surface area (Å²) >= 11 is 0. The van der Waals surface area contributed by atoms with Crippen molar-refractivity contribution in [3.63, 3.8) is 0 Å². The molecule has 1 aromatic carbocycles. The maximum Gasteiger partial charge on any atom is 0.337 e. The van der Waals surface area contributed by atoms with E-state index >= 15 is 0 Å². The second-order valence-corrected chi connectivity index (χ2v) is 5.36. The molecule has 0 saturated heterocycles. The van der Waals surface area contributed by atoms with Crippen LogP contribution in [0.2, 0.25) is 0 Å². The number of unbranched alkanes of at least 4 members (excludes halogenated alkanes) is 5. The molecule has 5 heteroatoms. The number of hydrogen-bond donors (Lipinski definition) is 0. The van der Waals surface area contributed by atoms with Crippen LogP contribution in [-0.4, -0.2) is 32.3 Å². The van der Waals surface area contributed by atoms with Crippen molar-refractivity contribution in [3.8, 4) is 5.75 Å². The van der Waals surface area contributed by atoms with Crippen molar-refractivity contribution in [2.75, 3.05) is 20.3 Å². The lowest BCUT2D eigenvalue weighted by Gasteiger charge is -2.07. The molecule has 24 heavy (non-hydrogen) atoms. The minimum atomic E-state index is -0.355. The van der Waals surface area contributed by atoms with Gasteiger partial charge in [-0.1, -0.05) is 32.3 Å². The van der Waals surface area contributed by atoms with Gasteiger partial charge in [-0.15, -0.1) is 0 Å². The fraction of sp³-hybridized carbons (Fsp3) is 0.474. The van der Waals surface area contributed by atoms with Gasteiger partial charge in [-0.05, 0) is 37.1 Å². The van der Waals surface area contributed by atoms with Crippen LogP contribution >= 0.6 is 0 Å². The first kappa shape index (κ1) is 19.7. The molecule has 0 saturated carbocycles. The molecule has 0 spiro atoms. The minimum Gasteiger partial charge on any atom is -0.494 e. The summed E-state index contributed by atoms with van der Waals surface area (Å²) in [5.41, 5.74) is 0.517. The number of esters is 2. The Labute approximate surface area is 143 Å². The topological polar surface area (TPSA) is 61.8 Å². The van der Waals surface area contributed by atoms with Gasteiger partial charge in [0.1, 0.15) is 5.75 Å². The third kappa shape index (κ3) is 8.36. The first-order valence-corrected chi connectivity index (χ1v) is 8.27. The highest BCUT2D eigenvalue weighted by Gasteiger charge is 2.04. The fourth-order valence-electron chi connectivity index (χ4n) is 2.14. The van der Waals surface area contributed by atoms with Crippen molar-refractivity contribution in [1.82, 2.24) is 0 Å². The highest BCUT2D eigenvalue weighted by Crippen LogP contribution is 2.14. The van der Waals surface area contributed by atoms with E-state index in [0.29, 0.717) is 18.8 Å². The highest BCUT2D eigenvalue weighted by molar-refractivity contribution is 5.89. The van der Waals surface area contributed by atoms with Gasteiger partial charge in [0.2, 0.25) is 0 Å². The van der Waals surface area contributed by atoms with Crippen LogP contribution in [-0.2, 0) is 14.3 Å². The van der Waals surface area contributed by atoms with Crippen LogP contribution < -0.4 is 4.74 Å². The second-order valence-electron chi connectivity index (χ2n) is 5.36. The second kappa shape index (κ2) is 12.2. The van der Waals surface area contributed by atoms with Crippen molar-refractivity contribution in [2.24, 2.45) is 0 Å². The molecule has 5 nitrogen and oxygen atoms in total. The average molecular weight is 334 g/mol. The van der Waals surface area contributed by atoms with E-state index in [1.165, 1.54) is 13.2 Å². The van der Waals surface area contributed by atoms with Gasteiger partial charge in [-0.3, -0.25) is 0 Å². The zero-order chi connectivity index (χ0) is 17.6. The largest absolute Gasteiger partial charge is 0.494 e. The van der Waals surface area contributed by atoms with Crippen LogP contribution in [0.1, 0.15) is 48.9 Å². The lowest BCUT2D eigenvalue weighted by atomic mass is 10.1. The number of methoxy groups -OCH3 is 1. The summed E-state index contributed by atoms with van der Waals surface area (Å²) < 4.78 is 15.2. The third-order valence-electron chi connectivity index (χ3n) is 3.49. The van der Waals surface area contributed by atoms with Gasteiger partial charge in [-0.2, -0.15) is 0 Å². The Morgan fingerprint density at radius 1 is 0.958 bits per heavy atom. The molecule has 0 amide bonds. The molecule has 0 aliphatic heterocycles. The molecule has 0 N–H and O–H groups in total. The van der Waals surface area contributed by atoms with Crippen molar-refractivity contribution in [2.45, 2.75) is 38.5 Å². The Balaban J connectivity index is 1.99. The molecule has 0 bridgehead atoms. The van der Waals surface area contributed by atoms with Gasteiger partial charge in [0.15, 0.2) is 0 Å². The molecular formula is C19H26O5. The quantitative estimate of drug-likeness (QED) is 0.329. The molecule has 0 aliphatic carbocycles. The SMILES string of the molecule is C=CC(=O)OCCCCCCCCOc1ccc(C(=O)OC)cc1. The maximum absolute atomic E-state index is 11.3. The van der Waals surface area contributed by atoms with Crippen LogP contribution in [0.15, 0.2) is 36.9 Å². The molecule has 1 rings (SSSR count). The number of hydrogen-bond acceptors (Lipinski definition) is 5. The van der Waals surface area contributed by atoms with Gasteiger partial charge in [0.25, 0.3) is 0 Å². The van der Waals surface area contributed by atoms with Gasteiger partial charge in [0, 0.05) is 6.08 Å². The highest BCUT2D eigenvalue weighted by atomic mass is 16.5. The maximum atomic E-state index is 11.3. The summed E-state index contributed by atoms with van der Waals surface area (Å²) in [7, 11) is 1.36. The number of carbonyl (C=O) groups is 2. The van der Waals surface area contributed by atoms with Crippen LogP contribution in [0, 0.1) is 0 Å². The standard InChI is InChI=1S/C19H26O5/c1-3-18(20)24-15-9-7-5-4-6-8-14-23-17-12-10-16(11-13-17)19(21)22-2/h3,10-13H,1,4-9,14-15H2,2H3. The van der Waals surface area contributed by atoms with E-state index in [-0.39, 0.29) is 11.9 Å². The van der Waals surface area contributed by atoms with E-state index in [1.807, 2.05) is 0 Å². The predicted octanol–water partition coefficient (Wildman–Crippen LogP) is 3.92. The van der Waals surface area contributed by atoms with Crippen LogP contribution in [0.25, 0.3) is 0 Å². The third-order valence-corrected chi connectivity index (χ3v) is 3.49. The molecular weight excluding hydrogens is 308 g/mol. The number of carbonyl (C=O) groups excluding carboxylic acids is 2. The summed E-state index contributed by atoms with van der Waals surface area (Å²) in [6.45, 7) is 4.48. The first-order chi connectivity index (χ1) is 11.7. The van der Waals surface area contributed by atoms with E-state index in [0.717, 1.165) is 44.3 Å². The summed E-state index contributed by atoms with van der Waals surface area (Å²) in [5.74, 6) is 0.0549. The Hall–Kier alpha value is -2.30. The summed E-state index contributed by atoms with van der Waals surface area (Å²) in [6, 6.07) is 6.94. The van der Waals surface area contributed by atoms with E-state index in [4.69, 9.17) is 9.47 Å². The molecule has 1 aromatic rings. The Kier molecular flexibility index (Phi) is 10.0. The molecule has 132 valence electrons. The normalized spacial score (nSPS) is 10.0. The summed E-state index contributed by atoms with van der Waals surface area (Å²) in [6.07, 6.45) is 7.49. The molecule has 0 fully saturated rings. The monoisotopic (exact) mass is 334 g/mol. The smallest absolute Gasteiger partial charge is 0.337 e. The predicted molar refractivity (Wildman–Crippen MR) is 92.1 cm³/mol. The van der Waals surface area contributed by atoms with Crippen LogP contribution in [0.3, 0.4) is 0 Å². The lowest BCUT2D eigenvalue weighted by molar-refractivity contribution is -0.137. The lowest BCUT2D eigenvalue weighted by Crippen LogP contribution is -2.02. The fourth-order valence-corrected chi connectivity index (χ4v) is 2.14.